The van der Waals surface area contributed by atoms with E-state index in [0.29, 0.717) is 19.3 Å². The number of rotatable bonds is 5. The summed E-state index contributed by atoms with van der Waals surface area (Å²) < 4.78 is 5.35. The van der Waals surface area contributed by atoms with Crippen LogP contribution in [0, 0.1) is 0 Å². The number of carbonyl (C=O) groups is 2. The van der Waals surface area contributed by atoms with Gasteiger partial charge in [0.25, 0.3) is 0 Å². The maximum atomic E-state index is 12.0. The Labute approximate surface area is 124 Å². The van der Waals surface area contributed by atoms with Crippen LogP contribution in [-0.2, 0) is 17.6 Å². The topological polar surface area (TPSA) is 66.8 Å². The Bertz CT molecular complexity index is 490. The van der Waals surface area contributed by atoms with Gasteiger partial charge in [-0.2, -0.15) is 0 Å². The van der Waals surface area contributed by atoms with E-state index in [0.717, 1.165) is 17.7 Å². The van der Waals surface area contributed by atoms with E-state index in [2.05, 4.69) is 0 Å². The largest absolute Gasteiger partial charge is 0.465 e. The summed E-state index contributed by atoms with van der Waals surface area (Å²) in [6, 6.07) is 7.94. The lowest BCUT2D eigenvalue weighted by Crippen LogP contribution is -2.39. The number of nitrogens with zero attached hydrogens (tertiary/aromatic N) is 1. The van der Waals surface area contributed by atoms with E-state index in [1.165, 1.54) is 11.1 Å². The summed E-state index contributed by atoms with van der Waals surface area (Å²) in [5, 5.41) is 9.12. The fourth-order valence-corrected chi connectivity index (χ4v) is 2.59. The van der Waals surface area contributed by atoms with Gasteiger partial charge in [-0.05, 0) is 17.5 Å². The number of amides is 2. The Morgan fingerprint density at radius 2 is 1.86 bits per heavy atom. The molecule has 0 saturated heterocycles. The lowest BCUT2D eigenvalue weighted by atomic mass is 10.1. The number of hydrogen-bond donors (Lipinski definition) is 1. The molecule has 1 aromatic rings. The van der Waals surface area contributed by atoms with E-state index in [4.69, 9.17) is 9.84 Å². The van der Waals surface area contributed by atoms with Crippen LogP contribution in [-0.4, -0.2) is 34.8 Å². The van der Waals surface area contributed by atoms with Crippen LogP contribution in [0.3, 0.4) is 0 Å². The molecule has 1 aromatic carbocycles. The molecule has 114 valence electrons. The highest BCUT2D eigenvalue weighted by Crippen LogP contribution is 2.24. The standard InChI is InChI=1S/C16H21NO4/c1-2-3-6-9-17(15(18)19)16(20)21-14-10-12-7-4-5-8-13(12)11-14/h4-5,7-8,14H,2-3,6,9-11H2,1H3,(H,18,19). The minimum atomic E-state index is -1.24. The molecule has 0 spiro atoms. The first-order valence-electron chi connectivity index (χ1n) is 7.39. The Morgan fingerprint density at radius 1 is 1.24 bits per heavy atom. The zero-order valence-corrected chi connectivity index (χ0v) is 12.2. The maximum Gasteiger partial charge on any atom is 0.419 e. The number of unbranched alkanes of at least 4 members (excludes halogenated alkanes) is 2. The molecule has 1 aliphatic carbocycles. The summed E-state index contributed by atoms with van der Waals surface area (Å²) in [5.41, 5.74) is 2.34. The minimum absolute atomic E-state index is 0.196. The van der Waals surface area contributed by atoms with E-state index < -0.39 is 12.2 Å². The number of ether oxygens (including phenoxy) is 1. The Morgan fingerprint density at radius 3 is 2.38 bits per heavy atom. The molecule has 5 heteroatoms. The van der Waals surface area contributed by atoms with Gasteiger partial charge < -0.3 is 9.84 Å². The molecule has 21 heavy (non-hydrogen) atoms. The third-order valence-corrected chi connectivity index (χ3v) is 3.72. The van der Waals surface area contributed by atoms with Gasteiger partial charge in [0.2, 0.25) is 0 Å². The van der Waals surface area contributed by atoms with Crippen LogP contribution >= 0.6 is 0 Å². The van der Waals surface area contributed by atoms with Gasteiger partial charge in [0, 0.05) is 19.4 Å². The highest BCUT2D eigenvalue weighted by Gasteiger charge is 2.28. The summed E-state index contributed by atoms with van der Waals surface area (Å²) in [7, 11) is 0. The quantitative estimate of drug-likeness (QED) is 0.844. The third-order valence-electron chi connectivity index (χ3n) is 3.72. The monoisotopic (exact) mass is 291 g/mol. The number of imide groups is 1. The molecule has 0 aromatic heterocycles. The zero-order valence-electron chi connectivity index (χ0n) is 12.2. The summed E-state index contributed by atoms with van der Waals surface area (Å²) in [5.74, 6) is 0. The molecule has 2 rings (SSSR count). The molecular formula is C16H21NO4. The average molecular weight is 291 g/mol. The molecular weight excluding hydrogens is 270 g/mol. The van der Waals surface area contributed by atoms with Crippen molar-refractivity contribution >= 4 is 12.2 Å². The Kier molecular flexibility index (Phi) is 5.20. The smallest absolute Gasteiger partial charge is 0.419 e. The van der Waals surface area contributed by atoms with Crippen molar-refractivity contribution in [2.45, 2.75) is 45.1 Å². The van der Waals surface area contributed by atoms with Crippen molar-refractivity contribution in [3.05, 3.63) is 35.4 Å². The number of fused-ring (bicyclic) bond motifs is 1. The van der Waals surface area contributed by atoms with E-state index in [1.54, 1.807) is 0 Å². The maximum absolute atomic E-state index is 12.0. The molecule has 0 heterocycles. The van der Waals surface area contributed by atoms with Crippen LogP contribution in [0.5, 0.6) is 0 Å². The summed E-state index contributed by atoms with van der Waals surface area (Å²) in [6.45, 7) is 2.22. The summed E-state index contributed by atoms with van der Waals surface area (Å²) >= 11 is 0. The summed E-state index contributed by atoms with van der Waals surface area (Å²) in [6.07, 6.45) is 1.59. The van der Waals surface area contributed by atoms with Crippen molar-refractivity contribution in [3.8, 4) is 0 Å². The molecule has 5 nitrogen and oxygen atoms in total. The van der Waals surface area contributed by atoms with E-state index >= 15 is 0 Å². The van der Waals surface area contributed by atoms with Crippen LogP contribution in [0.4, 0.5) is 9.59 Å². The minimum Gasteiger partial charge on any atom is -0.465 e. The average Bonchev–Trinajstić information content (AvgIpc) is 2.85. The lowest BCUT2D eigenvalue weighted by Gasteiger charge is -2.19. The normalized spacial score (nSPS) is 13.8. The van der Waals surface area contributed by atoms with Crippen LogP contribution in [0.15, 0.2) is 24.3 Å². The van der Waals surface area contributed by atoms with E-state index in [-0.39, 0.29) is 12.6 Å². The van der Waals surface area contributed by atoms with Gasteiger partial charge in [-0.3, -0.25) is 0 Å². The van der Waals surface area contributed by atoms with Gasteiger partial charge in [-0.1, -0.05) is 44.0 Å². The van der Waals surface area contributed by atoms with Crippen molar-refractivity contribution < 1.29 is 19.4 Å². The highest BCUT2D eigenvalue weighted by molar-refractivity contribution is 5.86. The second-order valence-corrected chi connectivity index (χ2v) is 5.32. The fourth-order valence-electron chi connectivity index (χ4n) is 2.59. The molecule has 0 radical (unpaired) electrons. The van der Waals surface area contributed by atoms with E-state index in [9.17, 15) is 9.59 Å². The molecule has 0 atom stereocenters. The Balaban J connectivity index is 1.90. The van der Waals surface area contributed by atoms with Gasteiger partial charge in [-0.15, -0.1) is 0 Å². The van der Waals surface area contributed by atoms with Crippen molar-refractivity contribution in [1.82, 2.24) is 4.90 Å². The Hall–Kier alpha value is -2.04. The number of carboxylic acid groups (broad SMARTS) is 1. The zero-order chi connectivity index (χ0) is 15.2. The predicted molar refractivity (Wildman–Crippen MR) is 78.4 cm³/mol. The molecule has 0 fully saturated rings. The second kappa shape index (κ2) is 7.11. The molecule has 0 saturated carbocycles. The van der Waals surface area contributed by atoms with Gasteiger partial charge in [0.1, 0.15) is 6.10 Å². The lowest BCUT2D eigenvalue weighted by molar-refractivity contribution is 0.0649. The third kappa shape index (κ3) is 3.97. The number of hydrogen-bond acceptors (Lipinski definition) is 3. The van der Waals surface area contributed by atoms with Crippen LogP contribution < -0.4 is 0 Å². The van der Waals surface area contributed by atoms with Crippen molar-refractivity contribution in [2.24, 2.45) is 0 Å². The van der Waals surface area contributed by atoms with Crippen LogP contribution in [0.2, 0.25) is 0 Å². The first-order chi connectivity index (χ1) is 10.1. The first-order valence-corrected chi connectivity index (χ1v) is 7.39. The van der Waals surface area contributed by atoms with Crippen molar-refractivity contribution in [2.75, 3.05) is 6.54 Å². The molecule has 0 aliphatic heterocycles. The molecule has 1 aliphatic rings. The molecule has 2 amide bonds. The van der Waals surface area contributed by atoms with Crippen molar-refractivity contribution in [3.63, 3.8) is 0 Å². The highest BCUT2D eigenvalue weighted by atomic mass is 16.6. The van der Waals surface area contributed by atoms with Crippen LogP contribution in [0.25, 0.3) is 0 Å². The second-order valence-electron chi connectivity index (χ2n) is 5.32. The van der Waals surface area contributed by atoms with Gasteiger partial charge in [0.05, 0.1) is 0 Å². The van der Waals surface area contributed by atoms with Crippen molar-refractivity contribution in [1.29, 1.82) is 0 Å². The van der Waals surface area contributed by atoms with Gasteiger partial charge >= 0.3 is 12.2 Å². The van der Waals surface area contributed by atoms with Gasteiger partial charge in [0.15, 0.2) is 0 Å². The molecule has 1 N–H and O–H groups in total. The molecule has 0 bridgehead atoms. The molecule has 0 unspecified atom stereocenters. The first kappa shape index (κ1) is 15.4. The number of benzene rings is 1. The van der Waals surface area contributed by atoms with Gasteiger partial charge in [-0.25, -0.2) is 14.5 Å². The fraction of sp³-hybridized carbons (Fsp3) is 0.500. The van der Waals surface area contributed by atoms with Crippen LogP contribution in [0.1, 0.15) is 37.3 Å². The predicted octanol–water partition coefficient (Wildman–Crippen LogP) is 3.46. The SMILES string of the molecule is CCCCCN(C(=O)O)C(=O)OC1Cc2ccccc2C1. The number of carbonyl (C=O) groups excluding carboxylic acids is 1. The summed E-state index contributed by atoms with van der Waals surface area (Å²) in [4.78, 5) is 23.9. The van der Waals surface area contributed by atoms with E-state index in [1.807, 2.05) is 31.2 Å².